The van der Waals surface area contributed by atoms with Gasteiger partial charge in [-0.05, 0) is 54.2 Å². The van der Waals surface area contributed by atoms with E-state index < -0.39 is 19.7 Å². The van der Waals surface area contributed by atoms with Crippen LogP contribution < -0.4 is 9.47 Å². The van der Waals surface area contributed by atoms with Crippen LogP contribution in [0.2, 0.25) is 0 Å². The highest BCUT2D eigenvalue weighted by molar-refractivity contribution is 9.09. The Kier molecular flexibility index (Phi) is 10.7. The third-order valence-corrected chi connectivity index (χ3v) is 9.46. The number of hydrogen-bond donors (Lipinski definition) is 1. The molecule has 0 fully saturated rings. The Bertz CT molecular complexity index is 1440. The minimum absolute atomic E-state index is 0.124. The lowest BCUT2D eigenvalue weighted by molar-refractivity contribution is 0.185. The molecule has 2 aromatic carbocycles. The number of benzene rings is 2. The molecule has 1 atom stereocenters. The third-order valence-electron chi connectivity index (χ3n) is 6.67. The quantitative estimate of drug-likeness (QED) is 0.336. The van der Waals surface area contributed by atoms with Gasteiger partial charge in [-0.15, -0.1) is 0 Å². The van der Waals surface area contributed by atoms with Gasteiger partial charge >= 0.3 is 0 Å². The number of halogens is 1. The van der Waals surface area contributed by atoms with Crippen molar-refractivity contribution in [2.24, 2.45) is 0 Å². The number of hydrogen-bond acceptors (Lipinski definition) is 7. The smallest absolute Gasteiger partial charge is 0.161 e. The van der Waals surface area contributed by atoms with Crippen LogP contribution in [0.4, 0.5) is 0 Å². The SMILES string of the molecule is COc1cc2c(cc1OC)C(CCc1c[nH]c3ccccc13)N(CCS(C)(=O)=O)CC2.CS(=O)(=O)CCBr. The van der Waals surface area contributed by atoms with E-state index in [4.69, 9.17) is 9.47 Å². The fourth-order valence-electron chi connectivity index (χ4n) is 4.74. The Balaban J connectivity index is 0.000000505. The standard InChI is InChI=1S/C24H30N2O4S.C3H7BrO2S/c1-29-23-14-17-10-11-26(12-13-31(3,27)28)22(20(17)15-24(23)30-2)9-8-18-16-25-21-7-5-4-6-19(18)21;1-7(5,6)3-2-4/h4-7,14-16,22,25H,8-13H2,1-3H3;2-3H2,1H3. The van der Waals surface area contributed by atoms with Gasteiger partial charge in [0.15, 0.2) is 11.5 Å². The molecule has 11 heteroatoms. The molecule has 1 unspecified atom stereocenters. The Morgan fingerprint density at radius 1 is 1.00 bits per heavy atom. The summed E-state index contributed by atoms with van der Waals surface area (Å²) in [6.45, 7) is 1.36. The van der Waals surface area contributed by atoms with Crippen molar-refractivity contribution in [1.29, 1.82) is 0 Å². The van der Waals surface area contributed by atoms with Crippen LogP contribution >= 0.6 is 15.9 Å². The number of alkyl halides is 1. The number of fused-ring (bicyclic) bond motifs is 2. The number of para-hydroxylation sites is 1. The molecule has 4 rings (SSSR count). The van der Waals surface area contributed by atoms with Gasteiger partial charge < -0.3 is 14.5 Å². The molecule has 38 heavy (non-hydrogen) atoms. The van der Waals surface area contributed by atoms with Gasteiger partial charge in [0.2, 0.25) is 0 Å². The lowest BCUT2D eigenvalue weighted by atomic mass is 9.88. The molecule has 1 aliphatic rings. The van der Waals surface area contributed by atoms with Crippen molar-refractivity contribution in [3.63, 3.8) is 0 Å². The first kappa shape index (κ1) is 30.5. The van der Waals surface area contributed by atoms with E-state index in [0.29, 0.717) is 17.6 Å². The minimum Gasteiger partial charge on any atom is -0.493 e. The van der Waals surface area contributed by atoms with E-state index in [1.165, 1.54) is 34.6 Å². The van der Waals surface area contributed by atoms with Crippen LogP contribution in [0.1, 0.15) is 29.2 Å². The van der Waals surface area contributed by atoms with Crippen LogP contribution in [0.5, 0.6) is 11.5 Å². The molecule has 1 N–H and O–H groups in total. The Morgan fingerprint density at radius 2 is 1.66 bits per heavy atom. The summed E-state index contributed by atoms with van der Waals surface area (Å²) in [4.78, 5) is 5.66. The molecule has 0 saturated heterocycles. The maximum atomic E-state index is 11.8. The first-order valence-corrected chi connectivity index (χ1v) is 17.6. The zero-order valence-electron chi connectivity index (χ0n) is 22.4. The number of H-pyrrole nitrogens is 1. The Labute approximate surface area is 234 Å². The van der Waals surface area contributed by atoms with Crippen molar-refractivity contribution >= 4 is 46.5 Å². The van der Waals surface area contributed by atoms with E-state index in [1.54, 1.807) is 14.2 Å². The van der Waals surface area contributed by atoms with Gasteiger partial charge in [0, 0.05) is 54.1 Å². The number of aromatic nitrogens is 1. The molecule has 8 nitrogen and oxygen atoms in total. The van der Waals surface area contributed by atoms with Crippen molar-refractivity contribution in [2.75, 3.05) is 56.7 Å². The lowest BCUT2D eigenvalue weighted by Crippen LogP contribution is -2.38. The van der Waals surface area contributed by atoms with Gasteiger partial charge in [-0.25, -0.2) is 16.8 Å². The molecule has 210 valence electrons. The average Bonchev–Trinajstić information content (AvgIpc) is 3.27. The molecule has 0 saturated carbocycles. The molecule has 0 aliphatic carbocycles. The first-order chi connectivity index (χ1) is 18.0. The van der Waals surface area contributed by atoms with E-state index in [2.05, 4.69) is 62.3 Å². The lowest BCUT2D eigenvalue weighted by Gasteiger charge is -2.38. The predicted octanol–water partition coefficient (Wildman–Crippen LogP) is 4.19. The molecule has 3 aromatic rings. The summed E-state index contributed by atoms with van der Waals surface area (Å²) in [5, 5.41) is 1.78. The highest BCUT2D eigenvalue weighted by Crippen LogP contribution is 2.40. The fourth-order valence-corrected chi connectivity index (χ4v) is 7.35. The van der Waals surface area contributed by atoms with E-state index in [9.17, 15) is 16.8 Å². The highest BCUT2D eigenvalue weighted by atomic mass is 79.9. The second kappa shape index (κ2) is 13.3. The molecular weight excluding hydrogens is 592 g/mol. The maximum absolute atomic E-state index is 11.8. The number of rotatable bonds is 10. The van der Waals surface area contributed by atoms with Crippen LogP contribution in [0, 0.1) is 0 Å². The monoisotopic (exact) mass is 628 g/mol. The predicted molar refractivity (Wildman–Crippen MR) is 157 cm³/mol. The van der Waals surface area contributed by atoms with E-state index >= 15 is 0 Å². The molecule has 0 radical (unpaired) electrons. The molecular formula is C27H37BrN2O6S2. The molecule has 1 aliphatic heterocycles. The summed E-state index contributed by atoms with van der Waals surface area (Å²) < 4.78 is 55.1. The van der Waals surface area contributed by atoms with Crippen LogP contribution in [-0.4, -0.2) is 83.4 Å². The fraction of sp³-hybridized carbons (Fsp3) is 0.481. The second-order valence-corrected chi connectivity index (χ2v) is 14.9. The minimum atomic E-state index is -3.03. The Hall–Kier alpha value is -2.08. The number of aromatic amines is 1. The van der Waals surface area contributed by atoms with Crippen LogP contribution in [0.3, 0.4) is 0 Å². The van der Waals surface area contributed by atoms with Crippen LogP contribution in [0.25, 0.3) is 10.9 Å². The first-order valence-electron chi connectivity index (χ1n) is 12.4. The normalized spacial score (nSPS) is 16.0. The summed E-state index contributed by atoms with van der Waals surface area (Å²) >= 11 is 3.01. The van der Waals surface area contributed by atoms with Gasteiger partial charge in [0.1, 0.15) is 19.7 Å². The van der Waals surface area contributed by atoms with Crippen molar-refractivity contribution in [2.45, 2.75) is 25.3 Å². The van der Waals surface area contributed by atoms with Crippen LogP contribution in [0.15, 0.2) is 42.6 Å². The number of sulfone groups is 2. The molecule has 0 amide bonds. The summed E-state index contributed by atoms with van der Waals surface area (Å²) in [6, 6.07) is 12.6. The Morgan fingerprint density at radius 3 is 2.26 bits per heavy atom. The van der Waals surface area contributed by atoms with Gasteiger partial charge in [-0.3, -0.25) is 4.90 Å². The molecule has 0 spiro atoms. The number of aryl methyl sites for hydroxylation is 1. The van der Waals surface area contributed by atoms with E-state index in [0.717, 1.165) is 37.1 Å². The van der Waals surface area contributed by atoms with Gasteiger partial charge in [0.05, 0.1) is 25.7 Å². The van der Waals surface area contributed by atoms with Crippen molar-refractivity contribution in [3.05, 3.63) is 59.3 Å². The third kappa shape index (κ3) is 8.46. The number of methoxy groups -OCH3 is 2. The van der Waals surface area contributed by atoms with Crippen molar-refractivity contribution in [3.8, 4) is 11.5 Å². The molecule has 1 aromatic heterocycles. The van der Waals surface area contributed by atoms with Crippen molar-refractivity contribution < 1.29 is 26.3 Å². The zero-order valence-corrected chi connectivity index (χ0v) is 25.6. The zero-order chi connectivity index (χ0) is 27.9. The largest absolute Gasteiger partial charge is 0.493 e. The summed E-state index contributed by atoms with van der Waals surface area (Å²) in [7, 11) is -2.45. The van der Waals surface area contributed by atoms with Crippen molar-refractivity contribution in [1.82, 2.24) is 9.88 Å². The summed E-state index contributed by atoms with van der Waals surface area (Å²) in [5.41, 5.74) is 4.88. The number of nitrogens with one attached hydrogen (secondary N) is 1. The number of ether oxygens (including phenoxy) is 2. The highest BCUT2D eigenvalue weighted by Gasteiger charge is 2.29. The number of nitrogens with zero attached hydrogens (tertiary/aromatic N) is 1. The molecule has 0 bridgehead atoms. The van der Waals surface area contributed by atoms with Gasteiger partial charge in [-0.2, -0.15) is 0 Å². The maximum Gasteiger partial charge on any atom is 0.161 e. The van der Waals surface area contributed by atoms with E-state index in [-0.39, 0.29) is 17.5 Å². The van der Waals surface area contributed by atoms with Gasteiger partial charge in [-0.1, -0.05) is 34.1 Å². The topological polar surface area (TPSA) is 106 Å². The average molecular weight is 630 g/mol. The van der Waals surface area contributed by atoms with E-state index in [1.807, 2.05) is 6.07 Å². The second-order valence-electron chi connectivity index (χ2n) is 9.55. The van der Waals surface area contributed by atoms with Crippen LogP contribution in [-0.2, 0) is 32.5 Å². The van der Waals surface area contributed by atoms with Gasteiger partial charge in [0.25, 0.3) is 0 Å². The summed E-state index contributed by atoms with van der Waals surface area (Å²) in [5.74, 6) is 1.84. The summed E-state index contributed by atoms with van der Waals surface area (Å²) in [6.07, 6.45) is 7.27. The molecule has 2 heterocycles.